The summed E-state index contributed by atoms with van der Waals surface area (Å²) in [7, 11) is -3.12. The quantitative estimate of drug-likeness (QED) is 0.756. The van der Waals surface area contributed by atoms with Gasteiger partial charge in [0.2, 0.25) is 10.0 Å². The van der Waals surface area contributed by atoms with Gasteiger partial charge in [-0.25, -0.2) is 18.1 Å². The van der Waals surface area contributed by atoms with Gasteiger partial charge in [0.05, 0.1) is 5.25 Å². The molecule has 0 aliphatic heterocycles. The Morgan fingerprint density at radius 3 is 2.78 bits per heavy atom. The number of sulfonamides is 1. The van der Waals surface area contributed by atoms with E-state index >= 15 is 0 Å². The number of aromatic nitrogens is 3. The molecule has 0 spiro atoms. The standard InChI is InChI=1S/C11H20N4O2S/c16-18(17,10-5-2-1-3-6-10)14-8-4-7-11-12-9-13-15-11/h9-10,14H,1-8H2,(H,12,13,15). The molecule has 1 aromatic rings. The lowest BCUT2D eigenvalue weighted by Gasteiger charge is -2.21. The summed E-state index contributed by atoms with van der Waals surface area (Å²) in [5, 5.41) is 6.32. The van der Waals surface area contributed by atoms with Crippen molar-refractivity contribution < 1.29 is 8.42 Å². The summed E-state index contributed by atoms with van der Waals surface area (Å²) in [6.45, 7) is 0.472. The van der Waals surface area contributed by atoms with E-state index in [4.69, 9.17) is 0 Å². The van der Waals surface area contributed by atoms with Crippen LogP contribution in [0.25, 0.3) is 0 Å². The lowest BCUT2D eigenvalue weighted by molar-refractivity contribution is 0.477. The van der Waals surface area contributed by atoms with Gasteiger partial charge in [0, 0.05) is 13.0 Å². The van der Waals surface area contributed by atoms with Gasteiger partial charge in [0.1, 0.15) is 12.2 Å². The molecule has 102 valence electrons. The first-order valence-electron chi connectivity index (χ1n) is 6.51. The number of nitrogens with one attached hydrogen (secondary N) is 2. The zero-order valence-electron chi connectivity index (χ0n) is 10.4. The van der Waals surface area contributed by atoms with E-state index in [1.807, 2.05) is 0 Å². The van der Waals surface area contributed by atoms with E-state index in [2.05, 4.69) is 19.9 Å². The van der Waals surface area contributed by atoms with Crippen LogP contribution in [-0.2, 0) is 16.4 Å². The van der Waals surface area contributed by atoms with Crippen molar-refractivity contribution in [3.8, 4) is 0 Å². The Labute approximate surface area is 108 Å². The van der Waals surface area contributed by atoms with Crippen LogP contribution in [-0.4, -0.2) is 35.4 Å². The predicted molar refractivity (Wildman–Crippen MR) is 68.5 cm³/mol. The van der Waals surface area contributed by atoms with Crippen molar-refractivity contribution in [2.24, 2.45) is 0 Å². The Bertz CT molecular complexity index is 438. The maximum absolute atomic E-state index is 12.0. The molecule has 0 aromatic carbocycles. The monoisotopic (exact) mass is 272 g/mol. The third-order valence-electron chi connectivity index (χ3n) is 3.35. The van der Waals surface area contributed by atoms with Gasteiger partial charge in [-0.3, -0.25) is 5.10 Å². The first kappa shape index (κ1) is 13.5. The average molecular weight is 272 g/mol. The summed E-state index contributed by atoms with van der Waals surface area (Å²) in [6.07, 6.45) is 7.75. The van der Waals surface area contributed by atoms with E-state index in [9.17, 15) is 8.42 Å². The molecule has 0 radical (unpaired) electrons. The molecule has 1 saturated carbocycles. The van der Waals surface area contributed by atoms with Crippen LogP contribution in [0.2, 0.25) is 0 Å². The highest BCUT2D eigenvalue weighted by Gasteiger charge is 2.26. The van der Waals surface area contributed by atoms with Crippen molar-refractivity contribution in [1.82, 2.24) is 19.9 Å². The van der Waals surface area contributed by atoms with E-state index < -0.39 is 10.0 Å². The van der Waals surface area contributed by atoms with Crippen LogP contribution < -0.4 is 4.72 Å². The van der Waals surface area contributed by atoms with E-state index in [1.54, 1.807) is 0 Å². The molecule has 0 saturated heterocycles. The molecule has 0 unspecified atom stereocenters. The highest BCUT2D eigenvalue weighted by molar-refractivity contribution is 7.90. The van der Waals surface area contributed by atoms with Crippen LogP contribution >= 0.6 is 0 Å². The molecule has 1 aliphatic carbocycles. The minimum absolute atomic E-state index is 0.184. The molecular weight excluding hydrogens is 252 g/mol. The first-order valence-corrected chi connectivity index (χ1v) is 8.06. The molecule has 2 N–H and O–H groups in total. The Balaban J connectivity index is 1.71. The van der Waals surface area contributed by atoms with Crippen molar-refractivity contribution in [3.63, 3.8) is 0 Å². The minimum atomic E-state index is -3.12. The highest BCUT2D eigenvalue weighted by Crippen LogP contribution is 2.22. The minimum Gasteiger partial charge on any atom is -0.263 e. The Morgan fingerprint density at radius 2 is 2.11 bits per heavy atom. The number of hydrogen-bond donors (Lipinski definition) is 2. The first-order chi connectivity index (χ1) is 8.68. The molecule has 1 fully saturated rings. The van der Waals surface area contributed by atoms with Gasteiger partial charge < -0.3 is 0 Å². The van der Waals surface area contributed by atoms with Crippen molar-refractivity contribution in [3.05, 3.63) is 12.2 Å². The number of hydrogen-bond acceptors (Lipinski definition) is 4. The summed E-state index contributed by atoms with van der Waals surface area (Å²) >= 11 is 0. The second kappa shape index (κ2) is 6.29. The van der Waals surface area contributed by atoms with Gasteiger partial charge in [-0.05, 0) is 19.3 Å². The fourth-order valence-electron chi connectivity index (χ4n) is 2.31. The van der Waals surface area contributed by atoms with Crippen molar-refractivity contribution in [2.45, 2.75) is 50.2 Å². The van der Waals surface area contributed by atoms with E-state index in [0.29, 0.717) is 13.0 Å². The molecular formula is C11H20N4O2S. The largest absolute Gasteiger partial charge is 0.263 e. The van der Waals surface area contributed by atoms with Gasteiger partial charge in [-0.15, -0.1) is 0 Å². The molecule has 0 bridgehead atoms. The molecule has 1 heterocycles. The summed E-state index contributed by atoms with van der Waals surface area (Å²) < 4.78 is 26.7. The zero-order chi connectivity index (χ0) is 12.8. The summed E-state index contributed by atoms with van der Waals surface area (Å²) in [4.78, 5) is 4.00. The number of rotatable bonds is 6. The van der Waals surface area contributed by atoms with Crippen molar-refractivity contribution >= 4 is 10.0 Å². The van der Waals surface area contributed by atoms with Gasteiger partial charge in [0.15, 0.2) is 0 Å². The average Bonchev–Trinajstić information content (AvgIpc) is 2.89. The Kier molecular flexibility index (Phi) is 4.71. The maximum Gasteiger partial charge on any atom is 0.214 e. The molecule has 18 heavy (non-hydrogen) atoms. The number of aryl methyl sites for hydroxylation is 1. The van der Waals surface area contributed by atoms with Crippen LogP contribution in [0.15, 0.2) is 6.33 Å². The van der Waals surface area contributed by atoms with Crippen molar-refractivity contribution in [1.29, 1.82) is 0 Å². The SMILES string of the molecule is O=S(=O)(NCCCc1ncn[nH]1)C1CCCCC1. The molecule has 1 aromatic heterocycles. The molecule has 7 heteroatoms. The fraction of sp³-hybridized carbons (Fsp3) is 0.818. The van der Waals surface area contributed by atoms with Gasteiger partial charge in [-0.1, -0.05) is 19.3 Å². The maximum atomic E-state index is 12.0. The van der Waals surface area contributed by atoms with Crippen LogP contribution in [0.1, 0.15) is 44.3 Å². The number of nitrogens with zero attached hydrogens (tertiary/aromatic N) is 2. The zero-order valence-corrected chi connectivity index (χ0v) is 11.2. The Morgan fingerprint density at radius 1 is 1.33 bits per heavy atom. The lowest BCUT2D eigenvalue weighted by Crippen LogP contribution is -2.36. The van der Waals surface area contributed by atoms with E-state index in [-0.39, 0.29) is 5.25 Å². The molecule has 2 rings (SSSR count). The third kappa shape index (κ3) is 3.78. The predicted octanol–water partition coefficient (Wildman–Crippen LogP) is 0.989. The fourth-order valence-corrected chi connectivity index (χ4v) is 3.93. The van der Waals surface area contributed by atoms with Crippen LogP contribution in [0.4, 0.5) is 0 Å². The van der Waals surface area contributed by atoms with Crippen LogP contribution in [0.5, 0.6) is 0 Å². The summed E-state index contributed by atoms with van der Waals surface area (Å²) in [6, 6.07) is 0. The molecule has 0 atom stereocenters. The lowest BCUT2D eigenvalue weighted by atomic mass is 10.0. The summed E-state index contributed by atoms with van der Waals surface area (Å²) in [5.74, 6) is 0.798. The van der Waals surface area contributed by atoms with Crippen molar-refractivity contribution in [2.75, 3.05) is 6.54 Å². The van der Waals surface area contributed by atoms with Crippen LogP contribution in [0, 0.1) is 0 Å². The Hall–Kier alpha value is -0.950. The smallest absolute Gasteiger partial charge is 0.214 e. The topological polar surface area (TPSA) is 87.7 Å². The molecule has 6 nitrogen and oxygen atoms in total. The second-order valence-electron chi connectivity index (χ2n) is 4.74. The van der Waals surface area contributed by atoms with Gasteiger partial charge in [0.25, 0.3) is 0 Å². The molecule has 1 aliphatic rings. The second-order valence-corrected chi connectivity index (χ2v) is 6.78. The van der Waals surface area contributed by atoms with E-state index in [0.717, 1.165) is 44.3 Å². The highest BCUT2D eigenvalue weighted by atomic mass is 32.2. The van der Waals surface area contributed by atoms with Crippen LogP contribution in [0.3, 0.4) is 0 Å². The molecule has 0 amide bonds. The number of H-pyrrole nitrogens is 1. The summed E-state index contributed by atoms with van der Waals surface area (Å²) in [5.41, 5.74) is 0. The normalized spacial score (nSPS) is 18.0. The van der Waals surface area contributed by atoms with E-state index in [1.165, 1.54) is 6.33 Å². The van der Waals surface area contributed by atoms with Gasteiger partial charge in [-0.2, -0.15) is 5.10 Å². The van der Waals surface area contributed by atoms with Gasteiger partial charge >= 0.3 is 0 Å². The third-order valence-corrected chi connectivity index (χ3v) is 5.31. The number of aromatic amines is 1.